The van der Waals surface area contributed by atoms with E-state index in [0.717, 1.165) is 43.9 Å². The summed E-state index contributed by atoms with van der Waals surface area (Å²) in [6.07, 6.45) is 2.39. The fourth-order valence-electron chi connectivity index (χ4n) is 3.64. The van der Waals surface area contributed by atoms with Crippen LogP contribution in [0.15, 0.2) is 42.5 Å². The quantitative estimate of drug-likeness (QED) is 0.849. The standard InChI is InChI=1S/C20H20ClNO2/c21-18-4-2-1-3-15(18)12-20(23)22-9-7-17(13-22)14-5-6-19-16(11-14)8-10-24-19/h1-6,11,17H,7-10,12-13H2. The van der Waals surface area contributed by atoms with Crippen LogP contribution in [0.25, 0.3) is 0 Å². The zero-order valence-corrected chi connectivity index (χ0v) is 14.3. The van der Waals surface area contributed by atoms with Crippen LogP contribution in [-0.4, -0.2) is 30.5 Å². The lowest BCUT2D eigenvalue weighted by atomic mass is 9.96. The van der Waals surface area contributed by atoms with Crippen molar-refractivity contribution in [2.45, 2.75) is 25.2 Å². The number of ether oxygens (including phenoxy) is 1. The molecule has 124 valence electrons. The highest BCUT2D eigenvalue weighted by atomic mass is 35.5. The van der Waals surface area contributed by atoms with E-state index < -0.39 is 0 Å². The fourth-order valence-corrected chi connectivity index (χ4v) is 3.84. The first-order chi connectivity index (χ1) is 11.7. The summed E-state index contributed by atoms with van der Waals surface area (Å²) in [6, 6.07) is 14.1. The molecule has 1 atom stereocenters. The number of fused-ring (bicyclic) bond motifs is 1. The molecule has 0 aromatic heterocycles. The topological polar surface area (TPSA) is 29.5 Å². The van der Waals surface area contributed by atoms with E-state index in [4.69, 9.17) is 16.3 Å². The van der Waals surface area contributed by atoms with E-state index in [1.165, 1.54) is 11.1 Å². The van der Waals surface area contributed by atoms with Crippen LogP contribution in [0.3, 0.4) is 0 Å². The van der Waals surface area contributed by atoms with Crippen LogP contribution in [0.5, 0.6) is 5.75 Å². The molecule has 1 saturated heterocycles. The number of likely N-dealkylation sites (tertiary alicyclic amines) is 1. The molecule has 2 heterocycles. The van der Waals surface area contributed by atoms with E-state index in [1.54, 1.807) is 0 Å². The van der Waals surface area contributed by atoms with Crippen molar-refractivity contribution in [2.24, 2.45) is 0 Å². The molecule has 1 amide bonds. The minimum absolute atomic E-state index is 0.162. The van der Waals surface area contributed by atoms with Gasteiger partial charge in [0.1, 0.15) is 5.75 Å². The van der Waals surface area contributed by atoms with Gasteiger partial charge in [-0.15, -0.1) is 0 Å². The summed E-state index contributed by atoms with van der Waals surface area (Å²) in [7, 11) is 0. The zero-order valence-electron chi connectivity index (χ0n) is 13.5. The van der Waals surface area contributed by atoms with Crippen molar-refractivity contribution < 1.29 is 9.53 Å². The van der Waals surface area contributed by atoms with E-state index >= 15 is 0 Å². The van der Waals surface area contributed by atoms with Crippen molar-refractivity contribution in [1.29, 1.82) is 0 Å². The number of carbonyl (C=O) groups excluding carboxylic acids is 1. The Hall–Kier alpha value is -2.00. The second-order valence-corrected chi connectivity index (χ2v) is 6.97. The molecular formula is C20H20ClNO2. The third kappa shape index (κ3) is 3.01. The summed E-state index contributed by atoms with van der Waals surface area (Å²) in [5, 5.41) is 0.667. The number of hydrogen-bond acceptors (Lipinski definition) is 2. The minimum atomic E-state index is 0.162. The summed E-state index contributed by atoms with van der Waals surface area (Å²) in [6.45, 7) is 2.40. The lowest BCUT2D eigenvalue weighted by molar-refractivity contribution is -0.129. The maximum Gasteiger partial charge on any atom is 0.227 e. The number of amides is 1. The van der Waals surface area contributed by atoms with Crippen LogP contribution in [0, 0.1) is 0 Å². The maximum absolute atomic E-state index is 12.6. The van der Waals surface area contributed by atoms with Gasteiger partial charge in [-0.25, -0.2) is 0 Å². The van der Waals surface area contributed by atoms with Gasteiger partial charge >= 0.3 is 0 Å². The number of carbonyl (C=O) groups is 1. The molecule has 1 unspecified atom stereocenters. The van der Waals surface area contributed by atoms with Crippen LogP contribution in [0.2, 0.25) is 5.02 Å². The molecule has 4 rings (SSSR count). The highest BCUT2D eigenvalue weighted by molar-refractivity contribution is 6.31. The average Bonchev–Trinajstić information content (AvgIpc) is 3.25. The first kappa shape index (κ1) is 15.5. The lowest BCUT2D eigenvalue weighted by Gasteiger charge is -2.17. The molecule has 2 aromatic rings. The van der Waals surface area contributed by atoms with E-state index in [1.807, 2.05) is 29.2 Å². The monoisotopic (exact) mass is 341 g/mol. The molecule has 0 bridgehead atoms. The van der Waals surface area contributed by atoms with Crippen molar-refractivity contribution in [2.75, 3.05) is 19.7 Å². The molecule has 4 heteroatoms. The normalized spacial score (nSPS) is 19.2. The van der Waals surface area contributed by atoms with Crippen molar-refractivity contribution in [3.63, 3.8) is 0 Å². The molecule has 0 aliphatic carbocycles. The van der Waals surface area contributed by atoms with Gasteiger partial charge in [-0.2, -0.15) is 0 Å². The summed E-state index contributed by atoms with van der Waals surface area (Å²) in [4.78, 5) is 14.5. The Bertz CT molecular complexity index is 774. The van der Waals surface area contributed by atoms with E-state index in [2.05, 4.69) is 18.2 Å². The molecule has 0 radical (unpaired) electrons. The van der Waals surface area contributed by atoms with Crippen molar-refractivity contribution in [3.05, 3.63) is 64.2 Å². The molecule has 2 aliphatic rings. The molecule has 1 fully saturated rings. The summed E-state index contributed by atoms with van der Waals surface area (Å²) < 4.78 is 5.58. The first-order valence-corrected chi connectivity index (χ1v) is 8.85. The Labute approximate surface area is 147 Å². The molecular weight excluding hydrogens is 322 g/mol. The van der Waals surface area contributed by atoms with E-state index in [-0.39, 0.29) is 5.91 Å². The highest BCUT2D eigenvalue weighted by Gasteiger charge is 2.28. The van der Waals surface area contributed by atoms with Gasteiger partial charge in [-0.05, 0) is 35.2 Å². The molecule has 2 aliphatic heterocycles. The van der Waals surface area contributed by atoms with Crippen molar-refractivity contribution in [3.8, 4) is 5.75 Å². The van der Waals surface area contributed by atoms with Gasteiger partial charge in [0.05, 0.1) is 13.0 Å². The van der Waals surface area contributed by atoms with E-state index in [0.29, 0.717) is 17.4 Å². The van der Waals surface area contributed by atoms with Gasteiger partial charge in [0.2, 0.25) is 5.91 Å². The van der Waals surface area contributed by atoms with Gasteiger partial charge in [-0.3, -0.25) is 4.79 Å². The van der Waals surface area contributed by atoms with Gasteiger partial charge < -0.3 is 9.64 Å². The van der Waals surface area contributed by atoms with Crippen LogP contribution >= 0.6 is 11.6 Å². The average molecular weight is 342 g/mol. The summed E-state index contributed by atoms with van der Waals surface area (Å²) >= 11 is 6.17. The Morgan fingerprint density at radius 1 is 1.25 bits per heavy atom. The molecule has 0 N–H and O–H groups in total. The number of nitrogens with zero attached hydrogens (tertiary/aromatic N) is 1. The van der Waals surface area contributed by atoms with Crippen molar-refractivity contribution in [1.82, 2.24) is 4.90 Å². The Kier molecular flexibility index (Phi) is 4.19. The Morgan fingerprint density at radius 2 is 2.12 bits per heavy atom. The molecule has 3 nitrogen and oxygen atoms in total. The first-order valence-electron chi connectivity index (χ1n) is 8.47. The highest BCUT2D eigenvalue weighted by Crippen LogP contribution is 2.33. The molecule has 0 saturated carbocycles. The minimum Gasteiger partial charge on any atom is -0.493 e. The van der Waals surface area contributed by atoms with Crippen LogP contribution in [0.1, 0.15) is 29.0 Å². The van der Waals surface area contributed by atoms with Crippen LogP contribution in [0.4, 0.5) is 0 Å². The maximum atomic E-state index is 12.6. The predicted octanol–water partition coefficient (Wildman–Crippen LogP) is 3.83. The number of hydrogen-bond donors (Lipinski definition) is 0. The third-order valence-corrected chi connectivity index (χ3v) is 5.39. The lowest BCUT2D eigenvalue weighted by Crippen LogP contribution is -2.30. The van der Waals surface area contributed by atoms with Crippen LogP contribution < -0.4 is 4.74 Å². The van der Waals surface area contributed by atoms with Gasteiger partial charge in [0.25, 0.3) is 0 Å². The van der Waals surface area contributed by atoms with E-state index in [9.17, 15) is 4.79 Å². The SMILES string of the molecule is O=C(Cc1ccccc1Cl)N1CCC(c2ccc3c(c2)CCO3)C1. The number of benzene rings is 2. The fraction of sp³-hybridized carbons (Fsp3) is 0.350. The van der Waals surface area contributed by atoms with Gasteiger partial charge in [0.15, 0.2) is 0 Å². The second kappa shape index (κ2) is 6.48. The summed E-state index contributed by atoms with van der Waals surface area (Å²) in [5.41, 5.74) is 3.53. The second-order valence-electron chi connectivity index (χ2n) is 6.56. The molecule has 0 spiro atoms. The molecule has 2 aromatic carbocycles. The third-order valence-electron chi connectivity index (χ3n) is 5.03. The van der Waals surface area contributed by atoms with Crippen LogP contribution in [-0.2, 0) is 17.6 Å². The predicted molar refractivity (Wildman–Crippen MR) is 94.7 cm³/mol. The zero-order chi connectivity index (χ0) is 16.5. The van der Waals surface area contributed by atoms with Crippen molar-refractivity contribution >= 4 is 17.5 Å². The Balaban J connectivity index is 1.43. The van der Waals surface area contributed by atoms with Gasteiger partial charge in [0, 0.05) is 30.5 Å². The largest absolute Gasteiger partial charge is 0.493 e. The summed E-state index contributed by atoms with van der Waals surface area (Å²) in [5.74, 6) is 1.60. The molecule has 24 heavy (non-hydrogen) atoms. The number of halogens is 1. The Morgan fingerprint density at radius 3 is 3.00 bits per heavy atom. The van der Waals surface area contributed by atoms with Gasteiger partial charge in [-0.1, -0.05) is 41.9 Å². The smallest absolute Gasteiger partial charge is 0.227 e. The number of rotatable bonds is 3.